The lowest BCUT2D eigenvalue weighted by Gasteiger charge is -2.35. The predicted octanol–water partition coefficient (Wildman–Crippen LogP) is 3.20. The van der Waals surface area contributed by atoms with Crippen molar-refractivity contribution in [2.45, 2.75) is 13.5 Å². The van der Waals surface area contributed by atoms with Gasteiger partial charge in [0, 0.05) is 43.8 Å². The van der Waals surface area contributed by atoms with Crippen LogP contribution < -0.4 is 9.64 Å². The van der Waals surface area contributed by atoms with Gasteiger partial charge in [-0.1, -0.05) is 0 Å². The van der Waals surface area contributed by atoms with Gasteiger partial charge in [0.05, 0.1) is 17.8 Å². The molecule has 0 unspecified atom stereocenters. The number of thiazole rings is 1. The van der Waals surface area contributed by atoms with E-state index in [0.717, 1.165) is 43.5 Å². The molecule has 0 atom stereocenters. The first-order chi connectivity index (χ1) is 10.2. The fraction of sp³-hybridized carbons (Fsp3) is 0.438. The highest BCUT2D eigenvalue weighted by atomic mass is 35.5. The van der Waals surface area contributed by atoms with Crippen molar-refractivity contribution >= 4 is 29.4 Å². The molecule has 1 aliphatic heterocycles. The lowest BCUT2D eigenvalue weighted by atomic mass is 10.2. The number of halogens is 1. The number of nitrogens with zero attached hydrogens (tertiary/aromatic N) is 3. The normalized spacial score (nSPS) is 15.5. The smallest absolute Gasteiger partial charge is 0.119 e. The number of benzene rings is 1. The van der Waals surface area contributed by atoms with Crippen molar-refractivity contribution in [2.24, 2.45) is 0 Å². The summed E-state index contributed by atoms with van der Waals surface area (Å²) in [5.41, 5.74) is 2.48. The molecule has 2 aromatic rings. The highest BCUT2D eigenvalue weighted by Gasteiger charge is 2.18. The predicted molar refractivity (Wildman–Crippen MR) is 94.6 cm³/mol. The Kier molecular flexibility index (Phi) is 6.06. The Morgan fingerprint density at radius 3 is 2.36 bits per heavy atom. The van der Waals surface area contributed by atoms with Crippen LogP contribution in [0.4, 0.5) is 5.69 Å². The molecular weight excluding hydrogens is 318 g/mol. The minimum atomic E-state index is 0. The van der Waals surface area contributed by atoms with Gasteiger partial charge in [0.1, 0.15) is 5.75 Å². The Balaban J connectivity index is 0.00000176. The maximum absolute atomic E-state index is 5.21. The van der Waals surface area contributed by atoms with Crippen LogP contribution in [-0.2, 0) is 6.54 Å². The minimum Gasteiger partial charge on any atom is -0.497 e. The molecule has 0 spiro atoms. The summed E-state index contributed by atoms with van der Waals surface area (Å²) in [6.45, 7) is 7.34. The van der Waals surface area contributed by atoms with Gasteiger partial charge >= 0.3 is 0 Å². The van der Waals surface area contributed by atoms with Crippen LogP contribution in [0, 0.1) is 6.92 Å². The highest BCUT2D eigenvalue weighted by Crippen LogP contribution is 2.21. The van der Waals surface area contributed by atoms with Crippen LogP contribution in [0.5, 0.6) is 5.75 Å². The van der Waals surface area contributed by atoms with Crippen LogP contribution in [-0.4, -0.2) is 43.2 Å². The van der Waals surface area contributed by atoms with Crippen LogP contribution >= 0.6 is 23.7 Å². The molecule has 0 amide bonds. The number of rotatable bonds is 4. The van der Waals surface area contributed by atoms with Gasteiger partial charge < -0.3 is 9.64 Å². The second-order valence-corrected chi connectivity index (χ2v) is 6.38. The van der Waals surface area contributed by atoms with E-state index in [9.17, 15) is 0 Å². The molecule has 1 aliphatic rings. The average Bonchev–Trinajstić information content (AvgIpc) is 2.93. The standard InChI is InChI=1S/C16H21N3OS.ClH/c1-13-17-14(12-21-13)11-18-7-9-19(10-8-18)15-3-5-16(20-2)6-4-15;/h3-6,12H,7-11H2,1-2H3;1H. The van der Waals surface area contributed by atoms with E-state index in [0.29, 0.717) is 0 Å². The Labute approximate surface area is 142 Å². The summed E-state index contributed by atoms with van der Waals surface area (Å²) in [5, 5.41) is 3.33. The molecule has 3 rings (SSSR count). The number of hydrogen-bond donors (Lipinski definition) is 0. The molecule has 1 aromatic carbocycles. The Bertz CT molecular complexity index is 579. The largest absolute Gasteiger partial charge is 0.497 e. The number of piperazine rings is 1. The number of anilines is 1. The number of hydrogen-bond acceptors (Lipinski definition) is 5. The molecule has 6 heteroatoms. The summed E-state index contributed by atoms with van der Waals surface area (Å²) in [7, 11) is 1.70. The molecule has 1 aromatic heterocycles. The molecule has 0 saturated carbocycles. The first-order valence-electron chi connectivity index (χ1n) is 7.27. The summed E-state index contributed by atoms with van der Waals surface area (Å²) >= 11 is 1.73. The van der Waals surface area contributed by atoms with E-state index in [1.165, 1.54) is 11.4 Å². The third-order valence-electron chi connectivity index (χ3n) is 3.86. The van der Waals surface area contributed by atoms with Crippen molar-refractivity contribution in [3.63, 3.8) is 0 Å². The second kappa shape index (κ2) is 7.81. The third kappa shape index (κ3) is 4.12. The molecule has 1 saturated heterocycles. The quantitative estimate of drug-likeness (QED) is 0.855. The first-order valence-corrected chi connectivity index (χ1v) is 8.15. The number of aromatic nitrogens is 1. The molecule has 0 radical (unpaired) electrons. The number of methoxy groups -OCH3 is 1. The Morgan fingerprint density at radius 2 is 1.82 bits per heavy atom. The van der Waals surface area contributed by atoms with Crippen molar-refractivity contribution in [3.8, 4) is 5.75 Å². The maximum atomic E-state index is 5.21. The lowest BCUT2D eigenvalue weighted by Crippen LogP contribution is -2.46. The zero-order valence-corrected chi connectivity index (χ0v) is 14.6. The van der Waals surface area contributed by atoms with Gasteiger partial charge in [-0.3, -0.25) is 4.90 Å². The van der Waals surface area contributed by atoms with E-state index in [-0.39, 0.29) is 12.4 Å². The van der Waals surface area contributed by atoms with Gasteiger partial charge in [-0.2, -0.15) is 0 Å². The van der Waals surface area contributed by atoms with Crippen molar-refractivity contribution in [3.05, 3.63) is 40.3 Å². The number of aryl methyl sites for hydroxylation is 1. The molecule has 0 N–H and O–H groups in total. The van der Waals surface area contributed by atoms with Crippen molar-refractivity contribution in [2.75, 3.05) is 38.2 Å². The van der Waals surface area contributed by atoms with E-state index in [1.54, 1.807) is 18.4 Å². The fourth-order valence-corrected chi connectivity index (χ4v) is 3.27. The molecule has 0 bridgehead atoms. The minimum absolute atomic E-state index is 0. The summed E-state index contributed by atoms with van der Waals surface area (Å²) in [6.07, 6.45) is 0. The summed E-state index contributed by atoms with van der Waals surface area (Å²) in [6, 6.07) is 8.33. The SMILES string of the molecule is COc1ccc(N2CCN(Cc3csc(C)n3)CC2)cc1.Cl. The monoisotopic (exact) mass is 339 g/mol. The van der Waals surface area contributed by atoms with Crippen molar-refractivity contribution < 1.29 is 4.74 Å². The summed E-state index contributed by atoms with van der Waals surface area (Å²) in [4.78, 5) is 9.46. The first kappa shape index (κ1) is 17.1. The summed E-state index contributed by atoms with van der Waals surface area (Å²) in [5.74, 6) is 0.913. The van der Waals surface area contributed by atoms with Crippen LogP contribution in [0.25, 0.3) is 0 Å². The van der Waals surface area contributed by atoms with Crippen LogP contribution in [0.1, 0.15) is 10.7 Å². The molecule has 2 heterocycles. The zero-order chi connectivity index (χ0) is 14.7. The third-order valence-corrected chi connectivity index (χ3v) is 4.68. The molecule has 120 valence electrons. The van der Waals surface area contributed by atoms with E-state index in [2.05, 4.69) is 39.2 Å². The highest BCUT2D eigenvalue weighted by molar-refractivity contribution is 7.09. The molecule has 0 aliphatic carbocycles. The Hall–Kier alpha value is -1.30. The molecule has 4 nitrogen and oxygen atoms in total. The van der Waals surface area contributed by atoms with Gasteiger partial charge in [-0.05, 0) is 31.2 Å². The molecule has 1 fully saturated rings. The van der Waals surface area contributed by atoms with Crippen molar-refractivity contribution in [1.82, 2.24) is 9.88 Å². The van der Waals surface area contributed by atoms with Crippen LogP contribution in [0.3, 0.4) is 0 Å². The Morgan fingerprint density at radius 1 is 1.14 bits per heavy atom. The van der Waals surface area contributed by atoms with Crippen LogP contribution in [0.2, 0.25) is 0 Å². The molecule has 22 heavy (non-hydrogen) atoms. The maximum Gasteiger partial charge on any atom is 0.119 e. The average molecular weight is 340 g/mol. The second-order valence-electron chi connectivity index (χ2n) is 5.32. The van der Waals surface area contributed by atoms with Gasteiger partial charge in [-0.25, -0.2) is 4.98 Å². The fourth-order valence-electron chi connectivity index (χ4n) is 2.67. The zero-order valence-electron chi connectivity index (χ0n) is 13.0. The van der Waals surface area contributed by atoms with E-state index < -0.39 is 0 Å². The van der Waals surface area contributed by atoms with Gasteiger partial charge in [0.15, 0.2) is 0 Å². The van der Waals surface area contributed by atoms with E-state index in [1.807, 2.05) is 12.1 Å². The van der Waals surface area contributed by atoms with Crippen molar-refractivity contribution in [1.29, 1.82) is 0 Å². The van der Waals surface area contributed by atoms with Gasteiger partial charge in [-0.15, -0.1) is 23.7 Å². The van der Waals surface area contributed by atoms with Crippen LogP contribution in [0.15, 0.2) is 29.6 Å². The molecular formula is C16H22ClN3OS. The summed E-state index contributed by atoms with van der Waals surface area (Å²) < 4.78 is 5.21. The van der Waals surface area contributed by atoms with Gasteiger partial charge in [0.25, 0.3) is 0 Å². The topological polar surface area (TPSA) is 28.6 Å². The van der Waals surface area contributed by atoms with E-state index in [4.69, 9.17) is 4.74 Å². The van der Waals surface area contributed by atoms with Gasteiger partial charge in [0.2, 0.25) is 0 Å². The lowest BCUT2D eigenvalue weighted by molar-refractivity contribution is 0.247. The van der Waals surface area contributed by atoms with E-state index >= 15 is 0 Å². The number of ether oxygens (including phenoxy) is 1.